The van der Waals surface area contributed by atoms with E-state index < -0.39 is 0 Å². The zero-order valence-electron chi connectivity index (χ0n) is 11.6. The van der Waals surface area contributed by atoms with Gasteiger partial charge in [-0.05, 0) is 19.4 Å². The zero-order chi connectivity index (χ0) is 14.4. The number of amidine groups is 1. The minimum absolute atomic E-state index is 0.0180. The first-order valence-electron chi connectivity index (χ1n) is 6.25. The number of rotatable bonds is 5. The SMILES string of the molecule is CC(C(=O)N(C)C(C)C/C(N)=N/O)c1ccccc1. The van der Waals surface area contributed by atoms with Crippen LogP contribution in [0.4, 0.5) is 0 Å². The Labute approximate surface area is 113 Å². The second-order valence-electron chi connectivity index (χ2n) is 4.73. The average Bonchev–Trinajstić information content (AvgIpc) is 2.45. The molecule has 0 radical (unpaired) electrons. The zero-order valence-corrected chi connectivity index (χ0v) is 11.6. The Kier molecular flexibility index (Phi) is 5.36. The lowest BCUT2D eigenvalue weighted by molar-refractivity contribution is -0.132. The van der Waals surface area contributed by atoms with E-state index in [0.29, 0.717) is 6.42 Å². The van der Waals surface area contributed by atoms with Gasteiger partial charge >= 0.3 is 0 Å². The summed E-state index contributed by atoms with van der Waals surface area (Å²) in [6.07, 6.45) is 0.347. The Morgan fingerprint density at radius 2 is 1.95 bits per heavy atom. The van der Waals surface area contributed by atoms with Crippen molar-refractivity contribution in [1.29, 1.82) is 0 Å². The molecule has 19 heavy (non-hydrogen) atoms. The fraction of sp³-hybridized carbons (Fsp3) is 0.429. The Balaban J connectivity index is 2.71. The predicted molar refractivity (Wildman–Crippen MR) is 75.1 cm³/mol. The highest BCUT2D eigenvalue weighted by Crippen LogP contribution is 2.18. The van der Waals surface area contributed by atoms with Crippen LogP contribution in [0.5, 0.6) is 0 Å². The number of hydrogen-bond acceptors (Lipinski definition) is 3. The second kappa shape index (κ2) is 6.78. The van der Waals surface area contributed by atoms with Crippen molar-refractivity contribution in [3.05, 3.63) is 35.9 Å². The van der Waals surface area contributed by atoms with E-state index in [4.69, 9.17) is 10.9 Å². The van der Waals surface area contributed by atoms with Crippen LogP contribution in [0.2, 0.25) is 0 Å². The maximum atomic E-state index is 12.3. The molecule has 1 amide bonds. The van der Waals surface area contributed by atoms with Gasteiger partial charge in [0.25, 0.3) is 0 Å². The van der Waals surface area contributed by atoms with E-state index in [1.54, 1.807) is 11.9 Å². The molecule has 5 heteroatoms. The number of hydrogen-bond donors (Lipinski definition) is 2. The second-order valence-corrected chi connectivity index (χ2v) is 4.73. The van der Waals surface area contributed by atoms with Crippen LogP contribution in [0, 0.1) is 0 Å². The van der Waals surface area contributed by atoms with Gasteiger partial charge in [-0.1, -0.05) is 35.5 Å². The summed E-state index contributed by atoms with van der Waals surface area (Å²) in [4.78, 5) is 14.0. The number of nitrogens with two attached hydrogens (primary N) is 1. The number of nitrogens with zero attached hydrogens (tertiary/aromatic N) is 2. The van der Waals surface area contributed by atoms with E-state index in [1.165, 1.54) is 0 Å². The monoisotopic (exact) mass is 263 g/mol. The summed E-state index contributed by atoms with van der Waals surface area (Å²) in [5.41, 5.74) is 6.44. The maximum Gasteiger partial charge on any atom is 0.229 e. The summed E-state index contributed by atoms with van der Waals surface area (Å²) in [5.74, 6) is -0.0649. The van der Waals surface area contributed by atoms with Crippen LogP contribution in [0.3, 0.4) is 0 Å². The molecular formula is C14H21N3O2. The Bertz CT molecular complexity index is 445. The highest BCUT2D eigenvalue weighted by molar-refractivity contribution is 5.85. The molecule has 0 saturated carbocycles. The number of carbonyl (C=O) groups excluding carboxylic acids is 1. The first kappa shape index (κ1) is 15.0. The number of amides is 1. The van der Waals surface area contributed by atoms with Gasteiger partial charge in [0.1, 0.15) is 5.84 Å². The fourth-order valence-electron chi connectivity index (χ4n) is 1.89. The third kappa shape index (κ3) is 3.98. The summed E-state index contributed by atoms with van der Waals surface area (Å²) in [5, 5.41) is 11.5. The molecule has 3 N–H and O–H groups in total. The molecule has 1 rings (SSSR count). The molecule has 104 valence electrons. The van der Waals surface area contributed by atoms with Gasteiger partial charge in [-0.2, -0.15) is 0 Å². The molecule has 1 aromatic rings. The van der Waals surface area contributed by atoms with Crippen molar-refractivity contribution in [3.63, 3.8) is 0 Å². The molecule has 0 aromatic heterocycles. The maximum absolute atomic E-state index is 12.3. The highest BCUT2D eigenvalue weighted by Gasteiger charge is 2.23. The predicted octanol–water partition coefficient (Wildman–Crippen LogP) is 1.77. The first-order chi connectivity index (χ1) is 8.97. The molecular weight excluding hydrogens is 242 g/mol. The van der Waals surface area contributed by atoms with Crippen LogP contribution >= 0.6 is 0 Å². The molecule has 0 aliphatic carbocycles. The molecule has 0 fully saturated rings. The van der Waals surface area contributed by atoms with Crippen molar-refractivity contribution in [2.24, 2.45) is 10.9 Å². The van der Waals surface area contributed by atoms with Crippen molar-refractivity contribution in [1.82, 2.24) is 4.90 Å². The quantitative estimate of drug-likeness (QED) is 0.368. The fourth-order valence-corrected chi connectivity index (χ4v) is 1.89. The van der Waals surface area contributed by atoms with Gasteiger partial charge in [-0.3, -0.25) is 4.79 Å². The van der Waals surface area contributed by atoms with Crippen LogP contribution in [0.15, 0.2) is 35.5 Å². The van der Waals surface area contributed by atoms with E-state index >= 15 is 0 Å². The number of carbonyl (C=O) groups is 1. The van der Waals surface area contributed by atoms with Gasteiger partial charge in [0.05, 0.1) is 5.92 Å². The van der Waals surface area contributed by atoms with Crippen LogP contribution in [-0.2, 0) is 4.79 Å². The largest absolute Gasteiger partial charge is 0.409 e. The van der Waals surface area contributed by atoms with Crippen LogP contribution in [0.1, 0.15) is 31.7 Å². The third-order valence-electron chi connectivity index (χ3n) is 3.31. The molecule has 0 bridgehead atoms. The molecule has 0 aliphatic heterocycles. The van der Waals surface area contributed by atoms with E-state index in [2.05, 4.69) is 5.16 Å². The van der Waals surface area contributed by atoms with Crippen molar-refractivity contribution in [3.8, 4) is 0 Å². The highest BCUT2D eigenvalue weighted by atomic mass is 16.4. The van der Waals surface area contributed by atoms with Gasteiger partial charge in [0.15, 0.2) is 0 Å². The average molecular weight is 263 g/mol. The van der Waals surface area contributed by atoms with Crippen molar-refractivity contribution in [2.45, 2.75) is 32.2 Å². The van der Waals surface area contributed by atoms with Crippen molar-refractivity contribution in [2.75, 3.05) is 7.05 Å². The normalized spacial score (nSPS) is 14.8. The minimum Gasteiger partial charge on any atom is -0.409 e. The molecule has 0 saturated heterocycles. The Hall–Kier alpha value is -2.04. The smallest absolute Gasteiger partial charge is 0.229 e. The lowest BCUT2D eigenvalue weighted by Crippen LogP contribution is -2.39. The van der Waals surface area contributed by atoms with Crippen LogP contribution in [-0.4, -0.2) is 34.9 Å². The summed E-state index contributed by atoms with van der Waals surface area (Å²) in [7, 11) is 1.73. The van der Waals surface area contributed by atoms with Crippen LogP contribution < -0.4 is 5.73 Å². The van der Waals surface area contributed by atoms with E-state index in [-0.39, 0.29) is 23.7 Å². The molecule has 0 spiro atoms. The van der Waals surface area contributed by atoms with Gasteiger partial charge in [0.2, 0.25) is 5.91 Å². The number of oxime groups is 1. The third-order valence-corrected chi connectivity index (χ3v) is 3.31. The Morgan fingerprint density at radius 3 is 2.47 bits per heavy atom. The van der Waals surface area contributed by atoms with E-state index in [1.807, 2.05) is 44.2 Å². The molecule has 1 aromatic carbocycles. The molecule has 2 unspecified atom stereocenters. The Morgan fingerprint density at radius 1 is 1.37 bits per heavy atom. The van der Waals surface area contributed by atoms with E-state index in [0.717, 1.165) is 5.56 Å². The lowest BCUT2D eigenvalue weighted by atomic mass is 9.99. The topological polar surface area (TPSA) is 78.9 Å². The van der Waals surface area contributed by atoms with Gasteiger partial charge in [0, 0.05) is 19.5 Å². The molecule has 0 heterocycles. The number of likely N-dealkylation sites (N-methyl/N-ethyl adjacent to an activating group) is 1. The van der Waals surface area contributed by atoms with Crippen LogP contribution in [0.25, 0.3) is 0 Å². The summed E-state index contributed by atoms with van der Waals surface area (Å²) < 4.78 is 0. The van der Waals surface area contributed by atoms with E-state index in [9.17, 15) is 4.79 Å². The molecule has 2 atom stereocenters. The van der Waals surface area contributed by atoms with Crippen molar-refractivity contribution >= 4 is 11.7 Å². The summed E-state index contributed by atoms with van der Waals surface area (Å²) in [6, 6.07) is 9.51. The lowest BCUT2D eigenvalue weighted by Gasteiger charge is -2.27. The molecule has 0 aliphatic rings. The number of benzene rings is 1. The van der Waals surface area contributed by atoms with Gasteiger partial charge in [-0.25, -0.2) is 0 Å². The van der Waals surface area contributed by atoms with Gasteiger partial charge in [-0.15, -0.1) is 0 Å². The minimum atomic E-state index is -0.207. The molecule has 5 nitrogen and oxygen atoms in total. The summed E-state index contributed by atoms with van der Waals surface area (Å²) >= 11 is 0. The van der Waals surface area contributed by atoms with Gasteiger partial charge < -0.3 is 15.8 Å². The first-order valence-corrected chi connectivity index (χ1v) is 6.25. The summed E-state index contributed by atoms with van der Waals surface area (Å²) in [6.45, 7) is 3.75. The van der Waals surface area contributed by atoms with Crippen molar-refractivity contribution < 1.29 is 10.0 Å². The standard InChI is InChI=1S/C14H21N3O2/c1-10(9-13(15)16-19)17(3)14(18)11(2)12-7-5-4-6-8-12/h4-8,10-11,19H,9H2,1-3H3,(H2,15,16).